The number of carbonyl (C=O) groups excluding carboxylic acids is 1. The van der Waals surface area contributed by atoms with Gasteiger partial charge >= 0.3 is 6.36 Å². The van der Waals surface area contributed by atoms with Crippen LogP contribution in [0.15, 0.2) is 47.4 Å². The van der Waals surface area contributed by atoms with Crippen molar-refractivity contribution in [1.29, 1.82) is 0 Å². The van der Waals surface area contributed by atoms with Crippen molar-refractivity contribution in [3.63, 3.8) is 0 Å². The predicted octanol–water partition coefficient (Wildman–Crippen LogP) is 2.63. The molecule has 28 heavy (non-hydrogen) atoms. The summed E-state index contributed by atoms with van der Waals surface area (Å²) in [6.45, 7) is 0.409. The summed E-state index contributed by atoms with van der Waals surface area (Å²) < 4.78 is 66.4. The number of hydrogen-bond donors (Lipinski definition) is 1. The smallest absolute Gasteiger partial charge is 0.406 e. The summed E-state index contributed by atoms with van der Waals surface area (Å²) in [5.74, 6) is -0.582. The Hall–Kier alpha value is -2.59. The Balaban J connectivity index is 1.72. The Kier molecular flexibility index (Phi) is 5.35. The highest BCUT2D eigenvalue weighted by Gasteiger charge is 2.31. The van der Waals surface area contributed by atoms with Crippen molar-refractivity contribution in [3.8, 4) is 5.75 Å². The van der Waals surface area contributed by atoms with E-state index >= 15 is 0 Å². The molecule has 150 valence electrons. The molecule has 0 saturated carbocycles. The molecule has 0 unspecified atom stereocenters. The molecule has 0 bridgehead atoms. The minimum absolute atomic E-state index is 0.00229. The van der Waals surface area contributed by atoms with Crippen molar-refractivity contribution in [1.82, 2.24) is 4.72 Å². The van der Waals surface area contributed by atoms with Gasteiger partial charge in [-0.05, 0) is 54.9 Å². The van der Waals surface area contributed by atoms with Crippen LogP contribution in [0.4, 0.5) is 18.9 Å². The lowest BCUT2D eigenvalue weighted by Gasteiger charge is -2.18. The van der Waals surface area contributed by atoms with Gasteiger partial charge in [0.15, 0.2) is 0 Å². The number of sulfonamides is 1. The van der Waals surface area contributed by atoms with Crippen LogP contribution in [0.5, 0.6) is 5.75 Å². The van der Waals surface area contributed by atoms with E-state index in [1.54, 1.807) is 11.0 Å². The van der Waals surface area contributed by atoms with Crippen LogP contribution in [0.25, 0.3) is 0 Å². The number of carbonyl (C=O) groups is 1. The summed E-state index contributed by atoms with van der Waals surface area (Å²) in [7, 11) is -2.25. The summed E-state index contributed by atoms with van der Waals surface area (Å²) in [4.78, 5) is 14.3. The highest BCUT2D eigenvalue weighted by molar-refractivity contribution is 7.89. The minimum Gasteiger partial charge on any atom is -0.406 e. The van der Waals surface area contributed by atoms with Crippen molar-refractivity contribution >= 4 is 21.6 Å². The maximum atomic E-state index is 12.6. The number of benzene rings is 2. The SMILES string of the molecule is CNS(=O)(=O)c1ccc2c(c1)CCN2C(=O)Cc1ccc(OC(F)(F)F)cc1. The first kappa shape index (κ1) is 20.2. The van der Waals surface area contributed by atoms with Gasteiger partial charge in [-0.1, -0.05) is 12.1 Å². The average molecular weight is 414 g/mol. The van der Waals surface area contributed by atoms with E-state index in [9.17, 15) is 26.4 Å². The number of anilines is 1. The molecule has 1 amide bonds. The molecule has 1 N–H and O–H groups in total. The zero-order valence-corrected chi connectivity index (χ0v) is 15.6. The largest absolute Gasteiger partial charge is 0.573 e. The second-order valence-corrected chi connectivity index (χ2v) is 8.05. The molecule has 0 aliphatic carbocycles. The summed E-state index contributed by atoms with van der Waals surface area (Å²) >= 11 is 0. The van der Waals surface area contributed by atoms with Gasteiger partial charge in [-0.25, -0.2) is 13.1 Å². The summed E-state index contributed by atoms with van der Waals surface area (Å²) in [6, 6.07) is 9.67. The third-order valence-corrected chi connectivity index (χ3v) is 5.75. The zero-order valence-electron chi connectivity index (χ0n) is 14.8. The van der Waals surface area contributed by atoms with Crippen LogP contribution in [0.3, 0.4) is 0 Å². The highest BCUT2D eigenvalue weighted by atomic mass is 32.2. The van der Waals surface area contributed by atoms with Crippen LogP contribution in [0.2, 0.25) is 0 Å². The monoisotopic (exact) mass is 414 g/mol. The number of nitrogens with one attached hydrogen (secondary N) is 1. The van der Waals surface area contributed by atoms with Gasteiger partial charge < -0.3 is 9.64 Å². The molecular formula is C18H17F3N2O4S. The second-order valence-electron chi connectivity index (χ2n) is 6.16. The van der Waals surface area contributed by atoms with Crippen LogP contribution in [-0.2, 0) is 27.7 Å². The van der Waals surface area contributed by atoms with Crippen LogP contribution in [0, 0.1) is 0 Å². The third kappa shape index (κ3) is 4.45. The van der Waals surface area contributed by atoms with E-state index in [1.165, 1.54) is 31.3 Å². The van der Waals surface area contributed by atoms with E-state index in [0.717, 1.165) is 17.7 Å². The molecule has 0 aromatic heterocycles. The third-order valence-electron chi connectivity index (χ3n) is 4.34. The first-order chi connectivity index (χ1) is 13.1. The molecule has 2 aromatic rings. The number of halogens is 3. The zero-order chi connectivity index (χ0) is 20.5. The van der Waals surface area contributed by atoms with Gasteiger partial charge in [-0.2, -0.15) is 0 Å². The van der Waals surface area contributed by atoms with E-state index in [1.807, 2.05) is 0 Å². The van der Waals surface area contributed by atoms with Crippen molar-refractivity contribution in [2.24, 2.45) is 0 Å². The Morgan fingerprint density at radius 2 is 1.86 bits per heavy atom. The van der Waals surface area contributed by atoms with Gasteiger partial charge in [-0.15, -0.1) is 13.2 Å². The second kappa shape index (κ2) is 7.44. The maximum Gasteiger partial charge on any atom is 0.573 e. The molecule has 0 spiro atoms. The fourth-order valence-electron chi connectivity index (χ4n) is 3.00. The first-order valence-corrected chi connectivity index (χ1v) is 9.79. The van der Waals surface area contributed by atoms with Gasteiger partial charge in [-0.3, -0.25) is 4.79 Å². The van der Waals surface area contributed by atoms with Crippen molar-refractivity contribution in [2.75, 3.05) is 18.5 Å². The molecular weight excluding hydrogens is 397 g/mol. The maximum absolute atomic E-state index is 12.6. The number of ether oxygens (including phenoxy) is 1. The Morgan fingerprint density at radius 3 is 2.46 bits per heavy atom. The molecule has 0 atom stereocenters. The molecule has 0 radical (unpaired) electrons. The highest BCUT2D eigenvalue weighted by Crippen LogP contribution is 2.31. The fraction of sp³-hybridized carbons (Fsp3) is 0.278. The van der Waals surface area contributed by atoms with E-state index in [0.29, 0.717) is 24.2 Å². The molecule has 1 aliphatic heterocycles. The molecule has 2 aromatic carbocycles. The van der Waals surface area contributed by atoms with Crippen LogP contribution in [-0.4, -0.2) is 34.3 Å². The number of alkyl halides is 3. The van der Waals surface area contributed by atoms with E-state index in [4.69, 9.17) is 0 Å². The van der Waals surface area contributed by atoms with Crippen molar-refractivity contribution in [2.45, 2.75) is 24.1 Å². The van der Waals surface area contributed by atoms with Gasteiger partial charge in [0.25, 0.3) is 0 Å². The topological polar surface area (TPSA) is 75.7 Å². The van der Waals surface area contributed by atoms with Gasteiger partial charge in [0.05, 0.1) is 11.3 Å². The van der Waals surface area contributed by atoms with E-state index in [-0.39, 0.29) is 23.0 Å². The molecule has 0 fully saturated rings. The molecule has 1 heterocycles. The Bertz CT molecular complexity index is 989. The quantitative estimate of drug-likeness (QED) is 0.816. The standard InChI is InChI=1S/C18H17F3N2O4S/c1-22-28(25,26)15-6-7-16-13(11-15)8-9-23(16)17(24)10-12-2-4-14(5-3-12)27-18(19,20)21/h2-7,11,22H,8-10H2,1H3. The summed E-state index contributed by atoms with van der Waals surface area (Å²) in [6.07, 6.45) is -4.25. The predicted molar refractivity (Wildman–Crippen MR) is 95.6 cm³/mol. The minimum atomic E-state index is -4.77. The number of hydrogen-bond acceptors (Lipinski definition) is 4. The lowest BCUT2D eigenvalue weighted by molar-refractivity contribution is -0.274. The number of fused-ring (bicyclic) bond motifs is 1. The molecule has 10 heteroatoms. The van der Waals surface area contributed by atoms with E-state index < -0.39 is 16.4 Å². The first-order valence-electron chi connectivity index (χ1n) is 8.30. The van der Waals surface area contributed by atoms with Gasteiger partial charge in [0, 0.05) is 12.2 Å². The molecule has 0 saturated heterocycles. The van der Waals surface area contributed by atoms with E-state index in [2.05, 4.69) is 9.46 Å². The Morgan fingerprint density at radius 1 is 1.18 bits per heavy atom. The van der Waals surface area contributed by atoms with Crippen LogP contribution in [0.1, 0.15) is 11.1 Å². The number of nitrogens with zero attached hydrogens (tertiary/aromatic N) is 1. The lowest BCUT2D eigenvalue weighted by Crippen LogP contribution is -2.30. The lowest BCUT2D eigenvalue weighted by atomic mass is 10.1. The molecule has 3 rings (SSSR count). The Labute approximate surface area is 160 Å². The summed E-state index contributed by atoms with van der Waals surface area (Å²) in [5, 5.41) is 0. The number of amides is 1. The van der Waals surface area contributed by atoms with Crippen LogP contribution >= 0.6 is 0 Å². The van der Waals surface area contributed by atoms with Gasteiger partial charge in [0.2, 0.25) is 15.9 Å². The van der Waals surface area contributed by atoms with Gasteiger partial charge in [0.1, 0.15) is 5.75 Å². The summed E-state index contributed by atoms with van der Waals surface area (Å²) in [5.41, 5.74) is 1.93. The number of rotatable bonds is 5. The van der Waals surface area contributed by atoms with Crippen molar-refractivity contribution < 1.29 is 31.1 Å². The van der Waals surface area contributed by atoms with Crippen LogP contribution < -0.4 is 14.4 Å². The average Bonchev–Trinajstić information content (AvgIpc) is 3.05. The fourth-order valence-corrected chi connectivity index (χ4v) is 3.78. The normalized spacial score (nSPS) is 14.1. The molecule has 1 aliphatic rings. The van der Waals surface area contributed by atoms with Crippen molar-refractivity contribution in [3.05, 3.63) is 53.6 Å². The molecule has 6 nitrogen and oxygen atoms in total.